The third-order valence-electron chi connectivity index (χ3n) is 1.63. The maximum absolute atomic E-state index is 10.4. The first-order valence-electron chi connectivity index (χ1n) is 4.89. The number of anilines is 2. The molecule has 0 aliphatic carbocycles. The van der Waals surface area contributed by atoms with E-state index in [0.29, 0.717) is 5.56 Å². The van der Waals surface area contributed by atoms with E-state index in [1.165, 1.54) is 0 Å². The summed E-state index contributed by atoms with van der Waals surface area (Å²) in [6.07, 6.45) is 2.85. The molecule has 1 rings (SSSR count). The van der Waals surface area contributed by atoms with E-state index in [4.69, 9.17) is 0 Å². The molecule has 1 aromatic rings. The first kappa shape index (κ1) is 17.6. The first-order chi connectivity index (χ1) is 7.21. The zero-order valence-corrected chi connectivity index (χ0v) is 12.9. The number of rotatable bonds is 3. The minimum Gasteiger partial charge on any atom is -0.398 e. The van der Waals surface area contributed by atoms with Gasteiger partial charge in [0, 0.05) is 14.1 Å². The summed E-state index contributed by atoms with van der Waals surface area (Å²) in [4.78, 5) is 10.4. The third-order valence-corrected chi connectivity index (χ3v) is 1.63. The van der Waals surface area contributed by atoms with Crippen LogP contribution in [-0.2, 0) is 25.9 Å². The molecule has 0 aliphatic heterocycles. The van der Waals surface area contributed by atoms with Crippen molar-refractivity contribution in [3.05, 3.63) is 30.7 Å². The average Bonchev–Trinajstić information content (AvgIpc) is 2.29. The van der Waals surface area contributed by atoms with Crippen molar-refractivity contribution in [1.82, 2.24) is 0 Å². The van der Waals surface area contributed by atoms with E-state index in [9.17, 15) is 4.79 Å². The number of hydrogen-bond donors (Lipinski definition) is 2. The molecule has 88 valence electrons. The van der Waals surface area contributed by atoms with Gasteiger partial charge in [0.25, 0.3) is 0 Å². The van der Waals surface area contributed by atoms with Gasteiger partial charge in [0.2, 0.25) is 0 Å². The van der Waals surface area contributed by atoms with Crippen molar-refractivity contribution in [3.8, 4) is 0 Å². The summed E-state index contributed by atoms with van der Waals surface area (Å²) in [6.45, 7) is 5.50. The van der Waals surface area contributed by atoms with Gasteiger partial charge < -0.3 is 22.4 Å². The van der Waals surface area contributed by atoms with E-state index in [1.54, 1.807) is 12.1 Å². The van der Waals surface area contributed by atoms with Gasteiger partial charge in [0.15, 0.2) is 0 Å². The summed E-state index contributed by atoms with van der Waals surface area (Å²) < 4.78 is 0. The molecule has 16 heavy (non-hydrogen) atoms. The molecule has 0 bridgehead atoms. The molecular formula is C12H18N2OW. The maximum Gasteiger partial charge on any atom is 2.00 e. The van der Waals surface area contributed by atoms with Gasteiger partial charge in [0.05, 0.1) is 6.29 Å². The fraction of sp³-hybridized carbons (Fsp3) is 0.333. The van der Waals surface area contributed by atoms with Gasteiger partial charge in [-0.15, -0.1) is 17.7 Å². The Kier molecular flexibility index (Phi) is 11.7. The second-order valence-electron chi connectivity index (χ2n) is 2.90. The molecule has 4 heteroatoms. The largest absolute Gasteiger partial charge is 2.00 e. The van der Waals surface area contributed by atoms with E-state index in [-0.39, 0.29) is 21.1 Å². The van der Waals surface area contributed by atoms with Crippen molar-refractivity contribution in [2.75, 3.05) is 24.7 Å². The van der Waals surface area contributed by atoms with Crippen LogP contribution in [0.2, 0.25) is 0 Å². The van der Waals surface area contributed by atoms with E-state index in [2.05, 4.69) is 17.6 Å². The van der Waals surface area contributed by atoms with Gasteiger partial charge in [-0.25, -0.2) is 0 Å². The molecule has 0 fully saturated rings. The van der Waals surface area contributed by atoms with Crippen LogP contribution in [0.5, 0.6) is 0 Å². The monoisotopic (exact) mass is 390 g/mol. The normalized spacial score (nSPS) is 8.00. The Morgan fingerprint density at radius 2 is 1.56 bits per heavy atom. The molecule has 0 spiro atoms. The predicted molar refractivity (Wildman–Crippen MR) is 66.0 cm³/mol. The van der Waals surface area contributed by atoms with E-state index in [0.717, 1.165) is 17.8 Å². The van der Waals surface area contributed by atoms with Crippen LogP contribution in [0.4, 0.5) is 11.4 Å². The fourth-order valence-electron chi connectivity index (χ4n) is 0.975. The Balaban J connectivity index is 0. The molecule has 0 unspecified atom stereocenters. The molecule has 0 aromatic heterocycles. The summed E-state index contributed by atoms with van der Waals surface area (Å²) >= 11 is 0. The molecule has 3 nitrogen and oxygen atoms in total. The second kappa shape index (κ2) is 10.7. The molecule has 1 aromatic carbocycles. The molecule has 0 aliphatic rings. The van der Waals surface area contributed by atoms with E-state index in [1.807, 2.05) is 33.4 Å². The molecule has 0 heterocycles. The summed E-state index contributed by atoms with van der Waals surface area (Å²) in [5.74, 6) is 0. The van der Waals surface area contributed by atoms with Crippen molar-refractivity contribution >= 4 is 17.7 Å². The SMILES string of the molecule is CNc1cc([C-]=O)cc(NC)c1.[CH2-]CC.[W+2]. The molecule has 0 saturated carbocycles. The number of benzene rings is 1. The Morgan fingerprint density at radius 1 is 1.19 bits per heavy atom. The van der Waals surface area contributed by atoms with Gasteiger partial charge in [-0.1, -0.05) is 6.92 Å². The molecule has 0 radical (unpaired) electrons. The minimum atomic E-state index is 0. The standard InChI is InChI=1S/C9H11N2O.C3H7.W/c1-10-8-3-7(6-12)4-9(5-8)11-2;1-3-2;/h3-5,10-11H,1-2H3;1,3H2,2H3;/q2*-1;+2. The Labute approximate surface area is 112 Å². The van der Waals surface area contributed by atoms with E-state index >= 15 is 0 Å². The van der Waals surface area contributed by atoms with Gasteiger partial charge in [-0.05, 0) is 17.4 Å². The molecule has 0 saturated heterocycles. The van der Waals surface area contributed by atoms with E-state index < -0.39 is 0 Å². The smallest absolute Gasteiger partial charge is 0.398 e. The Morgan fingerprint density at radius 3 is 1.81 bits per heavy atom. The topological polar surface area (TPSA) is 41.1 Å². The second-order valence-corrected chi connectivity index (χ2v) is 2.90. The molecule has 0 atom stereocenters. The molecule has 0 amide bonds. The minimum absolute atomic E-state index is 0. The van der Waals surface area contributed by atoms with Crippen LogP contribution in [0.3, 0.4) is 0 Å². The maximum atomic E-state index is 10.4. The molecule has 2 N–H and O–H groups in total. The van der Waals surface area contributed by atoms with Gasteiger partial charge in [-0.3, -0.25) is 0 Å². The number of nitrogens with one attached hydrogen (secondary N) is 2. The van der Waals surface area contributed by atoms with Crippen molar-refractivity contribution < 1.29 is 25.9 Å². The average molecular weight is 390 g/mol. The van der Waals surface area contributed by atoms with Crippen LogP contribution in [0, 0.1) is 6.92 Å². The third kappa shape index (κ3) is 6.62. The van der Waals surface area contributed by atoms with Gasteiger partial charge >= 0.3 is 21.1 Å². The summed E-state index contributed by atoms with van der Waals surface area (Å²) in [5, 5.41) is 5.92. The van der Waals surface area contributed by atoms with Crippen LogP contribution in [0.25, 0.3) is 0 Å². The van der Waals surface area contributed by atoms with Crippen molar-refractivity contribution in [3.63, 3.8) is 0 Å². The van der Waals surface area contributed by atoms with Crippen LogP contribution in [-0.4, -0.2) is 20.4 Å². The Hall–Kier alpha value is -0.822. The zero-order chi connectivity index (χ0) is 11.7. The van der Waals surface area contributed by atoms with Crippen LogP contribution >= 0.6 is 0 Å². The zero-order valence-electron chi connectivity index (χ0n) is 9.96. The predicted octanol–water partition coefficient (Wildman–Crippen LogP) is 2.46. The van der Waals surface area contributed by atoms with Crippen molar-refractivity contribution in [2.45, 2.75) is 13.3 Å². The fourth-order valence-corrected chi connectivity index (χ4v) is 0.975. The Bertz CT molecular complexity index is 281. The molecular weight excluding hydrogens is 372 g/mol. The van der Waals surface area contributed by atoms with Crippen molar-refractivity contribution in [1.29, 1.82) is 0 Å². The van der Waals surface area contributed by atoms with Crippen LogP contribution in [0.1, 0.15) is 18.9 Å². The quantitative estimate of drug-likeness (QED) is 0.780. The van der Waals surface area contributed by atoms with Crippen LogP contribution < -0.4 is 10.6 Å². The number of hydrogen-bond acceptors (Lipinski definition) is 3. The van der Waals surface area contributed by atoms with Gasteiger partial charge in [0.1, 0.15) is 0 Å². The van der Waals surface area contributed by atoms with Crippen molar-refractivity contribution in [2.24, 2.45) is 0 Å². The summed E-state index contributed by atoms with van der Waals surface area (Å²) in [5.41, 5.74) is 2.35. The first-order valence-corrected chi connectivity index (χ1v) is 4.89. The summed E-state index contributed by atoms with van der Waals surface area (Å²) in [6, 6.07) is 5.41. The van der Waals surface area contributed by atoms with Gasteiger partial charge in [-0.2, -0.15) is 6.42 Å². The number of carbonyl (C=O) groups excluding carboxylic acids is 1. The summed E-state index contributed by atoms with van der Waals surface area (Å²) in [7, 11) is 3.62. The van der Waals surface area contributed by atoms with Crippen LogP contribution in [0.15, 0.2) is 18.2 Å².